The van der Waals surface area contributed by atoms with E-state index in [2.05, 4.69) is 89.6 Å². The van der Waals surface area contributed by atoms with E-state index in [1.807, 2.05) is 0 Å². The number of aromatic nitrogens is 2. The first-order chi connectivity index (χ1) is 15.9. The summed E-state index contributed by atoms with van der Waals surface area (Å²) in [6.45, 7) is 3.46. The minimum atomic E-state index is -0.0764. The smallest absolute Gasteiger partial charge is 0.267 e. The largest absolute Gasteiger partial charge is 0.351 e. The Labute approximate surface area is 228 Å². The van der Waals surface area contributed by atoms with Crippen LogP contribution in [0.2, 0.25) is 0 Å². The van der Waals surface area contributed by atoms with E-state index in [1.165, 1.54) is 0 Å². The molecule has 0 bridgehead atoms. The van der Waals surface area contributed by atoms with Gasteiger partial charge in [0.25, 0.3) is 11.8 Å². The number of aromatic amines is 2. The summed E-state index contributed by atoms with van der Waals surface area (Å²) in [6.07, 6.45) is 8.84. The van der Waals surface area contributed by atoms with Crippen LogP contribution in [0.3, 0.4) is 0 Å². The number of carbonyl (C=O) groups is 2. The summed E-state index contributed by atoms with van der Waals surface area (Å²) in [5, 5.41) is 9.38. The van der Waals surface area contributed by atoms with Crippen LogP contribution in [0.4, 0.5) is 0 Å². The first-order valence-electron chi connectivity index (χ1n) is 11.2. The van der Waals surface area contributed by atoms with Crippen molar-refractivity contribution in [3.8, 4) is 0 Å². The van der Waals surface area contributed by atoms with E-state index in [-0.39, 0.29) is 11.8 Å². The lowest BCUT2D eigenvalue weighted by Crippen LogP contribution is -2.24. The van der Waals surface area contributed by atoms with Gasteiger partial charge >= 0.3 is 0 Å². The maximum atomic E-state index is 12.0. The molecule has 0 aliphatic heterocycles. The van der Waals surface area contributed by atoms with Crippen LogP contribution in [0.25, 0.3) is 0 Å². The first-order valence-corrected chi connectivity index (χ1v) is 14.4. The van der Waals surface area contributed by atoms with Gasteiger partial charge in [-0.05, 0) is 115 Å². The Bertz CT molecular complexity index is 775. The van der Waals surface area contributed by atoms with E-state index < -0.39 is 0 Å². The van der Waals surface area contributed by atoms with Gasteiger partial charge < -0.3 is 25.9 Å². The Morgan fingerprint density at radius 1 is 0.606 bits per heavy atom. The van der Waals surface area contributed by atoms with Crippen LogP contribution in [-0.4, -0.2) is 48.0 Å². The first kappa shape index (κ1) is 28.6. The van der Waals surface area contributed by atoms with Gasteiger partial charge in [-0.15, -0.1) is 0 Å². The van der Waals surface area contributed by atoms with Crippen molar-refractivity contribution in [3.63, 3.8) is 0 Å². The zero-order valence-corrected chi connectivity index (χ0v) is 24.8. The van der Waals surface area contributed by atoms with E-state index in [0.29, 0.717) is 24.5 Å². The van der Waals surface area contributed by atoms with Gasteiger partial charge in [-0.3, -0.25) is 9.59 Å². The predicted molar refractivity (Wildman–Crippen MR) is 147 cm³/mol. The van der Waals surface area contributed by atoms with Crippen molar-refractivity contribution in [3.05, 3.63) is 41.7 Å². The van der Waals surface area contributed by atoms with Crippen LogP contribution < -0.4 is 16.0 Å². The third kappa shape index (κ3) is 11.1. The molecule has 2 heterocycles. The molecule has 0 spiro atoms. The highest BCUT2D eigenvalue weighted by molar-refractivity contribution is 9.13. The van der Waals surface area contributed by atoms with Crippen LogP contribution in [0.1, 0.15) is 72.3 Å². The van der Waals surface area contributed by atoms with Crippen molar-refractivity contribution < 1.29 is 9.59 Å². The summed E-state index contributed by atoms with van der Waals surface area (Å²) in [7, 11) is 0. The molecule has 33 heavy (non-hydrogen) atoms. The zero-order chi connectivity index (χ0) is 24.1. The number of nitrogens with one attached hydrogen (secondary N) is 5. The van der Waals surface area contributed by atoms with Crippen molar-refractivity contribution >= 4 is 75.5 Å². The molecule has 0 aromatic carbocycles. The minimum absolute atomic E-state index is 0.0764. The average Bonchev–Trinajstić information content (AvgIpc) is 3.31. The van der Waals surface area contributed by atoms with Gasteiger partial charge in [-0.25, -0.2) is 0 Å². The summed E-state index contributed by atoms with van der Waals surface area (Å²) in [5.74, 6) is -0.153. The van der Waals surface area contributed by atoms with Crippen molar-refractivity contribution in [2.24, 2.45) is 0 Å². The molecule has 2 amide bonds. The standard InChI is InChI=1S/C22H31Br4N5O2/c23-15-13-17(30-19(15)25)21(32)28-11-7-3-1-5-9-27-10-6-2-4-8-12-29-22(33)18-14-16(24)20(26)31-18/h13-14,27,30-31H,1-12H2,(H,28,32)(H,29,33). The summed E-state index contributed by atoms with van der Waals surface area (Å²) in [5.41, 5.74) is 1.11. The van der Waals surface area contributed by atoms with E-state index in [9.17, 15) is 9.59 Å². The number of hydrogen-bond donors (Lipinski definition) is 5. The maximum Gasteiger partial charge on any atom is 0.267 e. The lowest BCUT2D eigenvalue weighted by atomic mass is 10.1. The highest BCUT2D eigenvalue weighted by atomic mass is 79.9. The quantitative estimate of drug-likeness (QED) is 0.133. The second-order valence-corrected chi connectivity index (χ2v) is 11.1. The van der Waals surface area contributed by atoms with Gasteiger partial charge in [0.2, 0.25) is 0 Å². The lowest BCUT2D eigenvalue weighted by Gasteiger charge is -2.06. The third-order valence-corrected chi connectivity index (χ3v) is 8.64. The molecule has 184 valence electrons. The van der Waals surface area contributed by atoms with Crippen molar-refractivity contribution in [1.82, 2.24) is 25.9 Å². The fourth-order valence-electron chi connectivity index (χ4n) is 3.23. The molecular weight excluding hydrogens is 686 g/mol. The molecule has 0 fully saturated rings. The number of halogens is 4. The molecule has 2 rings (SSSR count). The van der Waals surface area contributed by atoms with E-state index >= 15 is 0 Å². The topological polar surface area (TPSA) is 102 Å². The Kier molecular flexibility index (Phi) is 14.0. The third-order valence-electron chi connectivity index (χ3n) is 5.07. The highest BCUT2D eigenvalue weighted by Gasteiger charge is 2.11. The highest BCUT2D eigenvalue weighted by Crippen LogP contribution is 2.23. The van der Waals surface area contributed by atoms with Gasteiger partial charge in [0.15, 0.2) is 0 Å². The fourth-order valence-corrected chi connectivity index (χ4v) is 4.54. The molecule has 2 aromatic heterocycles. The Hall–Kier alpha value is -0.620. The number of H-pyrrole nitrogens is 2. The van der Waals surface area contributed by atoms with E-state index in [1.54, 1.807) is 12.1 Å². The second kappa shape index (κ2) is 16.1. The number of rotatable bonds is 16. The van der Waals surface area contributed by atoms with E-state index in [4.69, 9.17) is 0 Å². The van der Waals surface area contributed by atoms with Gasteiger partial charge in [-0.1, -0.05) is 25.7 Å². The molecule has 11 heteroatoms. The average molecular weight is 717 g/mol. The molecule has 5 N–H and O–H groups in total. The number of carbonyl (C=O) groups excluding carboxylic acids is 2. The van der Waals surface area contributed by atoms with Gasteiger partial charge in [0.05, 0.1) is 18.2 Å². The van der Waals surface area contributed by atoms with Gasteiger partial charge in [-0.2, -0.15) is 0 Å². The van der Waals surface area contributed by atoms with Crippen LogP contribution in [0.5, 0.6) is 0 Å². The Balaban J connectivity index is 1.33. The lowest BCUT2D eigenvalue weighted by molar-refractivity contribution is 0.0940. The predicted octanol–water partition coefficient (Wildman–Crippen LogP) is 6.26. The Morgan fingerprint density at radius 2 is 0.970 bits per heavy atom. The van der Waals surface area contributed by atoms with Crippen LogP contribution >= 0.6 is 63.7 Å². The molecule has 0 aliphatic carbocycles. The summed E-state index contributed by atoms with van der Waals surface area (Å²) >= 11 is 13.4. The monoisotopic (exact) mass is 713 g/mol. The zero-order valence-electron chi connectivity index (χ0n) is 18.5. The minimum Gasteiger partial charge on any atom is -0.351 e. The fraction of sp³-hybridized carbons (Fsp3) is 0.545. The molecule has 0 atom stereocenters. The van der Waals surface area contributed by atoms with Crippen molar-refractivity contribution in [2.45, 2.75) is 51.4 Å². The van der Waals surface area contributed by atoms with E-state index in [0.717, 1.165) is 82.6 Å². The maximum absolute atomic E-state index is 12.0. The molecule has 0 aliphatic rings. The second-order valence-electron chi connectivity index (χ2n) is 7.78. The summed E-state index contributed by atoms with van der Waals surface area (Å²) < 4.78 is 3.25. The van der Waals surface area contributed by atoms with Crippen LogP contribution in [0, 0.1) is 0 Å². The molecule has 0 radical (unpaired) electrons. The number of hydrogen-bond acceptors (Lipinski definition) is 3. The number of amides is 2. The molecule has 0 saturated heterocycles. The summed E-state index contributed by atoms with van der Waals surface area (Å²) in [4.78, 5) is 30.0. The Morgan fingerprint density at radius 3 is 1.30 bits per heavy atom. The SMILES string of the molecule is O=C(NCCCCCCNCCCCCCNC(=O)c1cc(Br)c(Br)[nH]1)c1cc(Br)c(Br)[nH]1. The van der Waals surface area contributed by atoms with Crippen LogP contribution in [0.15, 0.2) is 30.3 Å². The normalized spacial score (nSPS) is 11.0. The van der Waals surface area contributed by atoms with Crippen LogP contribution in [-0.2, 0) is 0 Å². The molecule has 0 saturated carbocycles. The van der Waals surface area contributed by atoms with Gasteiger partial charge in [0.1, 0.15) is 11.4 Å². The number of unbranched alkanes of at least 4 members (excludes halogenated alkanes) is 6. The molecular formula is C22H31Br4N5O2. The molecule has 7 nitrogen and oxygen atoms in total. The van der Waals surface area contributed by atoms with Gasteiger partial charge in [0, 0.05) is 13.1 Å². The van der Waals surface area contributed by atoms with Crippen molar-refractivity contribution in [1.29, 1.82) is 0 Å². The van der Waals surface area contributed by atoms with Crippen molar-refractivity contribution in [2.75, 3.05) is 26.2 Å². The molecule has 2 aromatic rings. The summed E-state index contributed by atoms with van der Waals surface area (Å²) in [6, 6.07) is 3.54. The molecule has 0 unspecified atom stereocenters.